The monoisotopic (exact) mass is 334 g/mol. The van der Waals surface area contributed by atoms with Crippen molar-refractivity contribution in [2.45, 2.75) is 25.2 Å². The van der Waals surface area contributed by atoms with Gasteiger partial charge < -0.3 is 14.0 Å². The van der Waals surface area contributed by atoms with Crippen LogP contribution in [0.15, 0.2) is 9.42 Å². The molecule has 0 saturated carbocycles. The van der Waals surface area contributed by atoms with Gasteiger partial charge >= 0.3 is 11.9 Å². The van der Waals surface area contributed by atoms with Crippen LogP contribution in [-0.2, 0) is 29.1 Å². The lowest BCUT2D eigenvalue weighted by molar-refractivity contribution is -0.143. The van der Waals surface area contributed by atoms with Gasteiger partial charge in [-0.25, -0.2) is 8.42 Å². The van der Waals surface area contributed by atoms with E-state index in [0.717, 1.165) is 11.4 Å². The highest BCUT2D eigenvalue weighted by atomic mass is 32.2. The first-order valence-electron chi connectivity index (χ1n) is 6.30. The first-order valence-corrected chi connectivity index (χ1v) is 7.74. The molecule has 124 valence electrons. The molecular weight excluding hydrogens is 316 g/mol. The Morgan fingerprint density at radius 1 is 1.18 bits per heavy atom. The van der Waals surface area contributed by atoms with E-state index in [0.29, 0.717) is 0 Å². The fourth-order valence-corrected chi connectivity index (χ4v) is 3.46. The van der Waals surface area contributed by atoms with Crippen LogP contribution >= 0.6 is 0 Å². The topological polar surface area (TPSA) is 116 Å². The lowest BCUT2D eigenvalue weighted by atomic mass is 10.4. The third kappa shape index (κ3) is 4.04. The van der Waals surface area contributed by atoms with E-state index in [1.807, 2.05) is 0 Å². The van der Waals surface area contributed by atoms with E-state index < -0.39 is 28.5 Å². The maximum absolute atomic E-state index is 12.7. The first-order chi connectivity index (χ1) is 10.2. The zero-order chi connectivity index (χ0) is 16.9. The molecule has 0 bridgehead atoms. The summed E-state index contributed by atoms with van der Waals surface area (Å²) >= 11 is 0. The maximum atomic E-state index is 12.7. The van der Waals surface area contributed by atoms with E-state index in [-0.39, 0.29) is 29.3 Å². The minimum absolute atomic E-state index is 0.102. The number of hydrogen-bond acceptors (Lipinski definition) is 8. The van der Waals surface area contributed by atoms with Crippen molar-refractivity contribution in [1.82, 2.24) is 9.46 Å². The van der Waals surface area contributed by atoms with Gasteiger partial charge in [0, 0.05) is 6.54 Å². The van der Waals surface area contributed by atoms with Crippen LogP contribution in [0.25, 0.3) is 0 Å². The van der Waals surface area contributed by atoms with Crippen molar-refractivity contribution in [2.24, 2.45) is 0 Å². The molecule has 0 atom stereocenters. The van der Waals surface area contributed by atoms with E-state index in [4.69, 9.17) is 4.52 Å². The molecule has 0 amide bonds. The second-order valence-electron chi connectivity index (χ2n) is 4.39. The molecule has 1 heterocycles. The summed E-state index contributed by atoms with van der Waals surface area (Å²) in [7, 11) is -1.73. The average molecular weight is 334 g/mol. The van der Waals surface area contributed by atoms with Gasteiger partial charge in [-0.05, 0) is 13.8 Å². The van der Waals surface area contributed by atoms with Gasteiger partial charge in [0.25, 0.3) is 0 Å². The Labute approximate surface area is 128 Å². The van der Waals surface area contributed by atoms with E-state index >= 15 is 0 Å². The number of rotatable bonds is 7. The lowest BCUT2D eigenvalue weighted by Gasteiger charge is -2.20. The highest BCUT2D eigenvalue weighted by molar-refractivity contribution is 7.89. The van der Waals surface area contributed by atoms with Gasteiger partial charge in [0.2, 0.25) is 10.0 Å². The fraction of sp³-hybridized carbons (Fsp3) is 0.583. The van der Waals surface area contributed by atoms with Crippen molar-refractivity contribution in [1.29, 1.82) is 0 Å². The summed E-state index contributed by atoms with van der Waals surface area (Å²) in [4.78, 5) is 22.5. The second-order valence-corrected chi connectivity index (χ2v) is 6.27. The summed E-state index contributed by atoms with van der Waals surface area (Å²) in [5, 5.41) is 3.59. The minimum Gasteiger partial charge on any atom is -0.469 e. The van der Waals surface area contributed by atoms with Crippen LogP contribution in [-0.4, -0.2) is 57.1 Å². The molecule has 9 nitrogen and oxygen atoms in total. The third-order valence-electron chi connectivity index (χ3n) is 2.89. The number of ether oxygens (including phenoxy) is 2. The Hall–Kier alpha value is -1.94. The Morgan fingerprint density at radius 2 is 1.77 bits per heavy atom. The zero-order valence-corrected chi connectivity index (χ0v) is 13.6. The Morgan fingerprint density at radius 3 is 2.23 bits per heavy atom. The number of aryl methyl sites for hydroxylation is 2. The number of methoxy groups -OCH3 is 2. The molecule has 0 radical (unpaired) electrons. The van der Waals surface area contributed by atoms with Crippen LogP contribution in [0.3, 0.4) is 0 Å². The van der Waals surface area contributed by atoms with Gasteiger partial charge in [0.15, 0.2) is 5.76 Å². The zero-order valence-electron chi connectivity index (χ0n) is 12.8. The predicted octanol–water partition coefficient (Wildman–Crippen LogP) is 0.0182. The Kier molecular flexibility index (Phi) is 6.06. The van der Waals surface area contributed by atoms with E-state index in [1.54, 1.807) is 0 Å². The molecule has 0 spiro atoms. The van der Waals surface area contributed by atoms with Crippen molar-refractivity contribution < 1.29 is 32.0 Å². The molecule has 0 aliphatic heterocycles. The third-order valence-corrected chi connectivity index (χ3v) is 4.98. The largest absolute Gasteiger partial charge is 0.469 e. The molecule has 1 aromatic rings. The number of esters is 2. The average Bonchev–Trinajstić information content (AvgIpc) is 2.81. The maximum Gasteiger partial charge on any atom is 0.321 e. The predicted molar refractivity (Wildman–Crippen MR) is 73.4 cm³/mol. The molecule has 0 unspecified atom stereocenters. The van der Waals surface area contributed by atoms with Gasteiger partial charge in [0.05, 0.1) is 20.6 Å². The number of sulfonamides is 1. The highest BCUT2D eigenvalue weighted by Gasteiger charge is 2.32. The van der Waals surface area contributed by atoms with Gasteiger partial charge in [-0.1, -0.05) is 5.16 Å². The second kappa shape index (κ2) is 7.36. The standard InChI is InChI=1S/C12H18N2O7S/c1-8-12(9(2)21-13-8)22(17,18)14(7-11(16)20-4)6-5-10(15)19-3/h5-7H2,1-4H3. The Bertz CT molecular complexity index is 631. The van der Waals surface area contributed by atoms with Crippen molar-refractivity contribution in [3.63, 3.8) is 0 Å². The summed E-state index contributed by atoms with van der Waals surface area (Å²) in [5.74, 6) is -1.24. The number of nitrogens with zero attached hydrogens (tertiary/aromatic N) is 2. The van der Waals surface area contributed by atoms with Crippen LogP contribution in [0.5, 0.6) is 0 Å². The van der Waals surface area contributed by atoms with E-state index in [1.165, 1.54) is 21.0 Å². The first kappa shape index (κ1) is 18.1. The molecule has 0 aliphatic rings. The molecule has 0 fully saturated rings. The van der Waals surface area contributed by atoms with Gasteiger partial charge in [-0.15, -0.1) is 0 Å². The lowest BCUT2D eigenvalue weighted by Crippen LogP contribution is -2.38. The van der Waals surface area contributed by atoms with Crippen LogP contribution in [0.1, 0.15) is 17.9 Å². The molecule has 1 aromatic heterocycles. The van der Waals surface area contributed by atoms with Crippen molar-refractivity contribution in [3.05, 3.63) is 11.5 Å². The fourth-order valence-electron chi connectivity index (χ4n) is 1.78. The summed E-state index contributed by atoms with van der Waals surface area (Å²) < 4.78 is 40.0. The number of aromatic nitrogens is 1. The van der Waals surface area contributed by atoms with Gasteiger partial charge in [-0.3, -0.25) is 9.59 Å². The molecule has 22 heavy (non-hydrogen) atoms. The molecule has 0 N–H and O–H groups in total. The normalized spacial score (nSPS) is 11.5. The minimum atomic E-state index is -4.06. The van der Waals surface area contributed by atoms with Crippen LogP contribution in [0.2, 0.25) is 0 Å². The molecule has 1 rings (SSSR count). The van der Waals surface area contributed by atoms with Crippen LogP contribution < -0.4 is 0 Å². The summed E-state index contributed by atoms with van der Waals surface area (Å²) in [6, 6.07) is 0. The smallest absolute Gasteiger partial charge is 0.321 e. The van der Waals surface area contributed by atoms with Gasteiger partial charge in [-0.2, -0.15) is 4.31 Å². The van der Waals surface area contributed by atoms with Gasteiger partial charge in [0.1, 0.15) is 17.1 Å². The molecule has 10 heteroatoms. The molecule has 0 saturated heterocycles. The SMILES string of the molecule is COC(=O)CCN(CC(=O)OC)S(=O)(=O)c1c(C)noc1C. The summed E-state index contributed by atoms with van der Waals surface area (Å²) in [5.41, 5.74) is 0.172. The number of carbonyl (C=O) groups excluding carboxylic acids is 2. The molecule has 0 aliphatic carbocycles. The quantitative estimate of drug-likeness (QED) is 0.641. The highest BCUT2D eigenvalue weighted by Crippen LogP contribution is 2.23. The van der Waals surface area contributed by atoms with Crippen molar-refractivity contribution >= 4 is 22.0 Å². The number of carbonyl (C=O) groups is 2. The Balaban J connectivity index is 3.13. The van der Waals surface area contributed by atoms with E-state index in [2.05, 4.69) is 14.6 Å². The molecular formula is C12H18N2O7S. The number of hydrogen-bond donors (Lipinski definition) is 0. The summed E-state index contributed by atoms with van der Waals surface area (Å²) in [6.45, 7) is 2.16. The van der Waals surface area contributed by atoms with Crippen LogP contribution in [0, 0.1) is 13.8 Å². The molecule has 0 aromatic carbocycles. The van der Waals surface area contributed by atoms with Crippen molar-refractivity contribution in [3.8, 4) is 0 Å². The van der Waals surface area contributed by atoms with Crippen molar-refractivity contribution in [2.75, 3.05) is 27.3 Å². The van der Waals surface area contributed by atoms with Crippen LogP contribution in [0.4, 0.5) is 0 Å². The summed E-state index contributed by atoms with van der Waals surface area (Å²) in [6.07, 6.45) is -0.198. The van der Waals surface area contributed by atoms with E-state index in [9.17, 15) is 18.0 Å².